The lowest BCUT2D eigenvalue weighted by molar-refractivity contribution is 0.146. The van der Waals surface area contributed by atoms with E-state index < -0.39 is 6.10 Å². The Labute approximate surface area is 88.4 Å². The van der Waals surface area contributed by atoms with Gasteiger partial charge in [-0.3, -0.25) is 0 Å². The number of hydrogen-bond acceptors (Lipinski definition) is 4. The van der Waals surface area contributed by atoms with Gasteiger partial charge in [-0.15, -0.1) is 0 Å². The summed E-state index contributed by atoms with van der Waals surface area (Å²) in [5.41, 5.74) is 1.87. The van der Waals surface area contributed by atoms with Crippen molar-refractivity contribution in [2.24, 2.45) is 0 Å². The molecule has 1 aliphatic rings. The van der Waals surface area contributed by atoms with Gasteiger partial charge in [0.2, 0.25) is 5.75 Å². The third-order valence-corrected chi connectivity index (χ3v) is 2.70. The van der Waals surface area contributed by atoms with Crippen LogP contribution in [0.3, 0.4) is 0 Å². The van der Waals surface area contributed by atoms with Gasteiger partial charge >= 0.3 is 0 Å². The molecule has 1 unspecified atom stereocenters. The van der Waals surface area contributed by atoms with Gasteiger partial charge in [0.15, 0.2) is 11.5 Å². The van der Waals surface area contributed by atoms with Crippen LogP contribution in [0.25, 0.3) is 0 Å². The molecule has 15 heavy (non-hydrogen) atoms. The van der Waals surface area contributed by atoms with Crippen LogP contribution in [0.4, 0.5) is 0 Å². The molecule has 0 amide bonds. The van der Waals surface area contributed by atoms with E-state index in [0.717, 1.165) is 11.1 Å². The molecule has 0 fully saturated rings. The van der Waals surface area contributed by atoms with Crippen molar-refractivity contribution < 1.29 is 19.3 Å². The monoisotopic (exact) mass is 210 g/mol. The lowest BCUT2D eigenvalue weighted by Gasteiger charge is -2.29. The maximum Gasteiger partial charge on any atom is 0.203 e. The zero-order chi connectivity index (χ0) is 11.0. The second kappa shape index (κ2) is 3.62. The Morgan fingerprint density at radius 3 is 2.27 bits per heavy atom. The van der Waals surface area contributed by atoms with Gasteiger partial charge in [-0.25, -0.2) is 0 Å². The first-order valence-corrected chi connectivity index (χ1v) is 4.72. The van der Waals surface area contributed by atoms with E-state index in [1.54, 1.807) is 21.3 Å². The van der Waals surface area contributed by atoms with Crippen molar-refractivity contribution in [1.29, 1.82) is 0 Å². The number of methoxy groups -OCH3 is 3. The third kappa shape index (κ3) is 1.33. The summed E-state index contributed by atoms with van der Waals surface area (Å²) in [6.45, 7) is 0. The van der Waals surface area contributed by atoms with Crippen LogP contribution in [0.2, 0.25) is 0 Å². The fourth-order valence-corrected chi connectivity index (χ4v) is 1.94. The van der Waals surface area contributed by atoms with Crippen molar-refractivity contribution in [3.05, 3.63) is 17.2 Å². The Hall–Kier alpha value is -1.42. The van der Waals surface area contributed by atoms with Crippen molar-refractivity contribution in [3.63, 3.8) is 0 Å². The molecular weight excluding hydrogens is 196 g/mol. The molecule has 0 saturated carbocycles. The lowest BCUT2D eigenvalue weighted by Crippen LogP contribution is -2.18. The van der Waals surface area contributed by atoms with Crippen LogP contribution in [-0.4, -0.2) is 26.4 Å². The van der Waals surface area contributed by atoms with Crippen LogP contribution in [-0.2, 0) is 6.42 Å². The van der Waals surface area contributed by atoms with E-state index in [1.807, 2.05) is 6.07 Å². The summed E-state index contributed by atoms with van der Waals surface area (Å²) in [5.74, 6) is 1.75. The molecule has 0 aromatic heterocycles. The maximum atomic E-state index is 9.62. The summed E-state index contributed by atoms with van der Waals surface area (Å²) in [7, 11) is 4.69. The summed E-state index contributed by atoms with van der Waals surface area (Å²) in [4.78, 5) is 0. The smallest absolute Gasteiger partial charge is 0.203 e. The Morgan fingerprint density at radius 2 is 1.80 bits per heavy atom. The Balaban J connectivity index is 2.60. The summed E-state index contributed by atoms with van der Waals surface area (Å²) >= 11 is 0. The van der Waals surface area contributed by atoms with E-state index >= 15 is 0 Å². The highest BCUT2D eigenvalue weighted by Crippen LogP contribution is 2.49. The zero-order valence-corrected chi connectivity index (χ0v) is 9.03. The molecule has 0 bridgehead atoms. The standard InChI is InChI=1S/C11H14O4/c1-13-8-5-6-4-7(12)9(6)11(15-3)10(8)14-2/h5,7,12H,4H2,1-3H3. The molecule has 0 aliphatic heterocycles. The van der Waals surface area contributed by atoms with Crippen molar-refractivity contribution in [2.75, 3.05) is 21.3 Å². The van der Waals surface area contributed by atoms with E-state index in [1.165, 1.54) is 0 Å². The number of fused-ring (bicyclic) bond motifs is 1. The molecule has 4 nitrogen and oxygen atoms in total. The molecule has 0 saturated heterocycles. The molecule has 82 valence electrons. The van der Waals surface area contributed by atoms with Crippen LogP contribution in [0.5, 0.6) is 17.2 Å². The zero-order valence-electron chi connectivity index (χ0n) is 9.03. The van der Waals surface area contributed by atoms with Crippen LogP contribution in [0, 0.1) is 0 Å². The van der Waals surface area contributed by atoms with Gasteiger partial charge in [-0.1, -0.05) is 0 Å². The number of rotatable bonds is 3. The quantitative estimate of drug-likeness (QED) is 0.817. The first-order chi connectivity index (χ1) is 7.22. The van der Waals surface area contributed by atoms with Crippen LogP contribution in [0.1, 0.15) is 17.2 Å². The fraction of sp³-hybridized carbons (Fsp3) is 0.455. The molecule has 1 aromatic rings. The van der Waals surface area contributed by atoms with Gasteiger partial charge in [0.25, 0.3) is 0 Å². The molecule has 4 heteroatoms. The number of hydrogen-bond donors (Lipinski definition) is 1. The number of aliphatic hydroxyl groups excluding tert-OH is 1. The van der Waals surface area contributed by atoms with Gasteiger partial charge in [-0.2, -0.15) is 0 Å². The highest BCUT2D eigenvalue weighted by Gasteiger charge is 2.32. The predicted molar refractivity (Wildman–Crippen MR) is 54.8 cm³/mol. The number of ether oxygens (including phenoxy) is 3. The minimum atomic E-state index is -0.449. The van der Waals surface area contributed by atoms with Crippen molar-refractivity contribution in [2.45, 2.75) is 12.5 Å². The van der Waals surface area contributed by atoms with Crippen LogP contribution < -0.4 is 14.2 Å². The highest BCUT2D eigenvalue weighted by atomic mass is 16.5. The maximum absolute atomic E-state index is 9.62. The second-order valence-corrected chi connectivity index (χ2v) is 3.44. The Kier molecular flexibility index (Phi) is 2.44. The normalized spacial score (nSPS) is 17.7. The minimum absolute atomic E-state index is 0.449. The summed E-state index contributed by atoms with van der Waals surface area (Å²) in [6.07, 6.45) is 0.196. The summed E-state index contributed by atoms with van der Waals surface area (Å²) in [6, 6.07) is 1.88. The summed E-state index contributed by atoms with van der Waals surface area (Å²) < 4.78 is 15.7. The average molecular weight is 210 g/mol. The fourth-order valence-electron chi connectivity index (χ4n) is 1.94. The molecule has 1 aliphatic carbocycles. The summed E-state index contributed by atoms with van der Waals surface area (Å²) in [5, 5.41) is 9.62. The SMILES string of the molecule is COc1cc2c(c(OC)c1OC)C(O)C2. The van der Waals surface area contributed by atoms with E-state index in [-0.39, 0.29) is 0 Å². The van der Waals surface area contributed by atoms with Gasteiger partial charge in [0.05, 0.1) is 27.4 Å². The minimum Gasteiger partial charge on any atom is -0.493 e. The van der Waals surface area contributed by atoms with Gasteiger partial charge < -0.3 is 19.3 Å². The number of aliphatic hydroxyl groups is 1. The molecule has 0 radical (unpaired) electrons. The molecule has 1 aromatic carbocycles. The topological polar surface area (TPSA) is 47.9 Å². The third-order valence-electron chi connectivity index (χ3n) is 2.70. The Morgan fingerprint density at radius 1 is 1.13 bits per heavy atom. The first kappa shape index (κ1) is 10.1. The van der Waals surface area contributed by atoms with E-state index in [4.69, 9.17) is 14.2 Å². The largest absolute Gasteiger partial charge is 0.493 e. The van der Waals surface area contributed by atoms with Gasteiger partial charge in [0, 0.05) is 12.0 Å². The van der Waals surface area contributed by atoms with Crippen LogP contribution in [0.15, 0.2) is 6.07 Å². The highest BCUT2D eigenvalue weighted by molar-refractivity contribution is 5.63. The van der Waals surface area contributed by atoms with E-state index in [2.05, 4.69) is 0 Å². The number of benzene rings is 1. The predicted octanol–water partition coefficient (Wildman–Crippen LogP) is 1.30. The molecular formula is C11H14O4. The van der Waals surface area contributed by atoms with Crippen molar-refractivity contribution in [3.8, 4) is 17.2 Å². The van der Waals surface area contributed by atoms with Crippen molar-refractivity contribution in [1.82, 2.24) is 0 Å². The average Bonchev–Trinajstić information content (AvgIpc) is 2.25. The van der Waals surface area contributed by atoms with Crippen LogP contribution >= 0.6 is 0 Å². The second-order valence-electron chi connectivity index (χ2n) is 3.44. The molecule has 2 rings (SSSR count). The molecule has 1 N–H and O–H groups in total. The van der Waals surface area contributed by atoms with Crippen molar-refractivity contribution >= 4 is 0 Å². The Bertz CT molecular complexity index is 387. The molecule has 1 atom stereocenters. The van der Waals surface area contributed by atoms with E-state index in [0.29, 0.717) is 23.7 Å². The first-order valence-electron chi connectivity index (χ1n) is 4.72. The van der Waals surface area contributed by atoms with Gasteiger partial charge in [-0.05, 0) is 11.6 Å². The van der Waals surface area contributed by atoms with Gasteiger partial charge in [0.1, 0.15) is 0 Å². The lowest BCUT2D eigenvalue weighted by atomic mass is 9.84. The molecule has 0 spiro atoms. The molecule has 0 heterocycles. The van der Waals surface area contributed by atoms with E-state index in [9.17, 15) is 5.11 Å².